The largest absolute Gasteiger partial charge is 0.255 e. The number of nitrogens with zero attached hydrogens (tertiary/aromatic N) is 2. The predicted molar refractivity (Wildman–Crippen MR) is 84.4 cm³/mol. The number of halogens is 3. The maximum Gasteiger partial charge on any atom is 0.255 e. The van der Waals surface area contributed by atoms with E-state index in [0.29, 0.717) is 15.9 Å². The summed E-state index contributed by atoms with van der Waals surface area (Å²) < 4.78 is 21.6. The minimum Gasteiger partial charge on any atom is -0.224 e. The highest BCUT2D eigenvalue weighted by molar-refractivity contribution is 7.89. The van der Waals surface area contributed by atoms with E-state index in [1.807, 2.05) is 6.92 Å². The quantitative estimate of drug-likeness (QED) is 0.782. The molecule has 0 spiro atoms. The van der Waals surface area contributed by atoms with Crippen molar-refractivity contribution in [2.75, 3.05) is 0 Å². The van der Waals surface area contributed by atoms with E-state index in [1.54, 1.807) is 25.1 Å². The molecule has 2 aromatic heterocycles. The van der Waals surface area contributed by atoms with E-state index in [2.05, 4.69) is 9.97 Å². The molecule has 114 valence electrons. The van der Waals surface area contributed by atoms with E-state index in [1.165, 1.54) is 6.07 Å². The summed E-state index contributed by atoms with van der Waals surface area (Å²) in [5, 5.41) is 5.66. The fraction of sp³-hybridized carbons (Fsp3) is 0.167. The summed E-state index contributed by atoms with van der Waals surface area (Å²) >= 11 is 16.6. The fourth-order valence-electron chi connectivity index (χ4n) is 1.32. The van der Waals surface area contributed by atoms with Crippen LogP contribution in [-0.2, 0) is 10.0 Å². The number of sulfonamides is 1. The van der Waals surface area contributed by atoms with Crippen molar-refractivity contribution in [1.29, 1.82) is 0 Å². The maximum atomic E-state index is 10.8. The Balaban J connectivity index is 0.000000219. The Morgan fingerprint density at radius 1 is 0.857 bits per heavy atom. The van der Waals surface area contributed by atoms with Crippen LogP contribution >= 0.6 is 34.8 Å². The molecular formula is C12H12Cl3N3O2S. The first-order chi connectivity index (χ1) is 9.57. The van der Waals surface area contributed by atoms with Crippen LogP contribution < -0.4 is 5.14 Å². The Kier molecular flexibility index (Phi) is 6.37. The van der Waals surface area contributed by atoms with Crippen LogP contribution in [0.25, 0.3) is 0 Å². The fourth-order valence-corrected chi connectivity index (χ4v) is 2.78. The molecule has 0 aromatic carbocycles. The van der Waals surface area contributed by atoms with Crippen LogP contribution in [0.4, 0.5) is 0 Å². The van der Waals surface area contributed by atoms with Crippen LogP contribution in [0, 0.1) is 13.8 Å². The molecule has 0 aliphatic heterocycles. The van der Waals surface area contributed by atoms with Gasteiger partial charge >= 0.3 is 0 Å². The van der Waals surface area contributed by atoms with E-state index in [9.17, 15) is 8.42 Å². The molecule has 21 heavy (non-hydrogen) atoms. The third-order valence-corrected chi connectivity index (χ3v) is 3.49. The van der Waals surface area contributed by atoms with Crippen LogP contribution in [-0.4, -0.2) is 18.4 Å². The molecule has 0 atom stereocenters. The number of hydrogen-bond acceptors (Lipinski definition) is 4. The molecule has 0 aliphatic rings. The molecule has 0 saturated carbocycles. The lowest BCUT2D eigenvalue weighted by atomic mass is 10.3. The van der Waals surface area contributed by atoms with Gasteiger partial charge in [0.2, 0.25) is 0 Å². The maximum absolute atomic E-state index is 10.8. The molecule has 0 fully saturated rings. The van der Waals surface area contributed by atoms with Crippen molar-refractivity contribution in [2.45, 2.75) is 18.9 Å². The predicted octanol–water partition coefficient (Wildman–Crippen LogP) is 3.39. The average Bonchev–Trinajstić information content (AvgIpc) is 2.24. The molecule has 0 aliphatic carbocycles. The first kappa shape index (κ1) is 18.1. The normalized spacial score (nSPS) is 10.8. The van der Waals surface area contributed by atoms with Crippen molar-refractivity contribution in [3.63, 3.8) is 0 Å². The van der Waals surface area contributed by atoms with Gasteiger partial charge in [-0.15, -0.1) is 0 Å². The Hall–Kier alpha value is -0.920. The number of primary sulfonamides is 1. The van der Waals surface area contributed by atoms with Gasteiger partial charge in [-0.25, -0.2) is 23.5 Å². The van der Waals surface area contributed by atoms with Gasteiger partial charge in [0.25, 0.3) is 10.0 Å². The zero-order chi connectivity index (χ0) is 16.2. The summed E-state index contributed by atoms with van der Waals surface area (Å²) in [5.74, 6) is 0. The van der Waals surface area contributed by atoms with E-state index in [-0.39, 0.29) is 10.2 Å². The lowest BCUT2D eigenvalue weighted by Gasteiger charge is -1.99. The van der Waals surface area contributed by atoms with Crippen LogP contribution in [0.1, 0.15) is 11.1 Å². The number of aryl methyl sites for hydroxylation is 2. The molecule has 0 bridgehead atoms. The van der Waals surface area contributed by atoms with Gasteiger partial charge in [0.05, 0.1) is 0 Å². The van der Waals surface area contributed by atoms with Crippen molar-refractivity contribution >= 4 is 44.8 Å². The summed E-state index contributed by atoms with van der Waals surface area (Å²) in [6, 6.07) is 6.43. The SMILES string of the molecule is Cc1cc(Cl)nc(Cl)c1.Cc1cc(Cl)nc(S(N)(=O)=O)c1. The number of hydrogen-bond donors (Lipinski definition) is 1. The monoisotopic (exact) mass is 367 g/mol. The molecule has 2 rings (SSSR count). The van der Waals surface area contributed by atoms with E-state index in [0.717, 1.165) is 5.56 Å². The highest BCUT2D eigenvalue weighted by Crippen LogP contribution is 2.13. The van der Waals surface area contributed by atoms with Crippen LogP contribution in [0.3, 0.4) is 0 Å². The van der Waals surface area contributed by atoms with Gasteiger partial charge in [-0.05, 0) is 49.2 Å². The zero-order valence-electron chi connectivity index (χ0n) is 11.1. The molecule has 0 radical (unpaired) electrons. The van der Waals surface area contributed by atoms with Gasteiger partial charge in [-0.1, -0.05) is 34.8 Å². The number of pyridine rings is 2. The minimum atomic E-state index is -3.74. The van der Waals surface area contributed by atoms with Crippen molar-refractivity contribution < 1.29 is 8.42 Å². The molecule has 0 saturated heterocycles. The van der Waals surface area contributed by atoms with Crippen LogP contribution in [0.15, 0.2) is 29.3 Å². The van der Waals surface area contributed by atoms with Crippen LogP contribution in [0.5, 0.6) is 0 Å². The minimum absolute atomic E-state index is 0.124. The van der Waals surface area contributed by atoms with Crippen LogP contribution in [0.2, 0.25) is 15.5 Å². The third-order valence-electron chi connectivity index (χ3n) is 2.11. The van der Waals surface area contributed by atoms with Gasteiger partial charge in [0.15, 0.2) is 5.03 Å². The van der Waals surface area contributed by atoms with E-state index < -0.39 is 10.0 Å². The molecule has 9 heteroatoms. The molecule has 0 amide bonds. The average molecular weight is 369 g/mol. The van der Waals surface area contributed by atoms with Gasteiger partial charge in [0, 0.05) is 0 Å². The van der Waals surface area contributed by atoms with Crippen molar-refractivity contribution in [1.82, 2.24) is 9.97 Å². The van der Waals surface area contributed by atoms with Crippen molar-refractivity contribution in [3.05, 3.63) is 50.9 Å². The second-order valence-electron chi connectivity index (χ2n) is 4.14. The Bertz CT molecular complexity index is 681. The van der Waals surface area contributed by atoms with Crippen molar-refractivity contribution in [3.8, 4) is 0 Å². The first-order valence-corrected chi connectivity index (χ1v) is 8.22. The smallest absolute Gasteiger partial charge is 0.224 e. The third kappa shape index (κ3) is 6.58. The van der Waals surface area contributed by atoms with Gasteiger partial charge < -0.3 is 0 Å². The summed E-state index contributed by atoms with van der Waals surface area (Å²) in [4.78, 5) is 7.32. The summed E-state index contributed by atoms with van der Waals surface area (Å²) in [6.07, 6.45) is 0. The van der Waals surface area contributed by atoms with Gasteiger partial charge in [-0.2, -0.15) is 0 Å². The summed E-state index contributed by atoms with van der Waals surface area (Å²) in [5.41, 5.74) is 1.74. The molecule has 2 heterocycles. The number of nitrogens with two attached hydrogens (primary N) is 1. The molecule has 2 aromatic rings. The van der Waals surface area contributed by atoms with Gasteiger partial charge in [0.1, 0.15) is 15.5 Å². The molecule has 5 nitrogen and oxygen atoms in total. The lowest BCUT2D eigenvalue weighted by Crippen LogP contribution is -2.14. The van der Waals surface area contributed by atoms with E-state index in [4.69, 9.17) is 39.9 Å². The summed E-state index contributed by atoms with van der Waals surface area (Å²) in [6.45, 7) is 3.63. The molecule has 2 N–H and O–H groups in total. The first-order valence-electron chi connectivity index (χ1n) is 5.54. The number of rotatable bonds is 1. The van der Waals surface area contributed by atoms with Gasteiger partial charge in [-0.3, -0.25) is 0 Å². The summed E-state index contributed by atoms with van der Waals surface area (Å²) in [7, 11) is -3.74. The lowest BCUT2D eigenvalue weighted by molar-refractivity contribution is 0.594. The Morgan fingerprint density at radius 3 is 1.57 bits per heavy atom. The Morgan fingerprint density at radius 2 is 1.24 bits per heavy atom. The molecule has 0 unspecified atom stereocenters. The number of aromatic nitrogens is 2. The van der Waals surface area contributed by atoms with Crippen molar-refractivity contribution in [2.24, 2.45) is 5.14 Å². The zero-order valence-corrected chi connectivity index (χ0v) is 14.2. The second kappa shape index (κ2) is 7.38. The highest BCUT2D eigenvalue weighted by Gasteiger charge is 2.10. The Labute approximate surface area is 138 Å². The van der Waals surface area contributed by atoms with E-state index >= 15 is 0 Å². The second-order valence-corrected chi connectivity index (χ2v) is 6.81. The standard InChI is InChI=1S/C6H5Cl2N.C6H7ClN2O2S/c1-4-2-5(7)9-6(8)3-4;1-4-2-5(7)9-6(3-4)12(8,10)11/h2-3H,1H3;2-3H,1H3,(H2,8,10,11). The molecular weight excluding hydrogens is 357 g/mol. The highest BCUT2D eigenvalue weighted by atomic mass is 35.5. The topological polar surface area (TPSA) is 85.9 Å².